The molecule has 3 heterocycles. The van der Waals surface area contributed by atoms with Crippen LogP contribution in [0.15, 0.2) is 59.4 Å². The molecule has 3 aliphatic rings. The van der Waals surface area contributed by atoms with Crippen molar-refractivity contribution in [1.82, 2.24) is 9.88 Å². The zero-order valence-electron chi connectivity index (χ0n) is 14.0. The number of hydrogen-bond acceptors (Lipinski definition) is 5. The summed E-state index contributed by atoms with van der Waals surface area (Å²) < 4.78 is 0. The second-order valence-electron chi connectivity index (χ2n) is 7.10. The van der Waals surface area contributed by atoms with Gasteiger partial charge in [-0.15, -0.1) is 11.3 Å². The van der Waals surface area contributed by atoms with Crippen LogP contribution >= 0.6 is 11.3 Å². The van der Waals surface area contributed by atoms with Gasteiger partial charge in [-0.2, -0.15) is 0 Å². The molecule has 0 amide bonds. The number of aromatic nitrogens is 1. The van der Waals surface area contributed by atoms with Crippen molar-refractivity contribution in [1.29, 1.82) is 0 Å². The summed E-state index contributed by atoms with van der Waals surface area (Å²) in [6.07, 6.45) is 15.8. The second-order valence-corrected chi connectivity index (χ2v) is 7.96. The number of rotatable bonds is 3. The minimum absolute atomic E-state index is 0.0479. The van der Waals surface area contributed by atoms with E-state index < -0.39 is 0 Å². The Balaban J connectivity index is 1.55. The molecular formula is C19H22N4S. The van der Waals surface area contributed by atoms with E-state index in [9.17, 15) is 0 Å². The van der Waals surface area contributed by atoms with E-state index in [1.165, 1.54) is 0 Å². The fourth-order valence-electron chi connectivity index (χ4n) is 2.90. The highest BCUT2D eigenvalue weighted by Crippen LogP contribution is 2.36. The first-order chi connectivity index (χ1) is 11.5. The number of thiazole rings is 1. The van der Waals surface area contributed by atoms with Gasteiger partial charge in [0.15, 0.2) is 5.13 Å². The SMILES string of the molecule is CC1(C)CC=C(N)C=C1Nc1nc(C2=CC=CN3C[C@@H]3C=C2)cs1. The highest BCUT2D eigenvalue weighted by Gasteiger charge is 2.28. The van der Waals surface area contributed by atoms with Gasteiger partial charge in [0.05, 0.1) is 11.7 Å². The van der Waals surface area contributed by atoms with E-state index in [4.69, 9.17) is 10.7 Å². The van der Waals surface area contributed by atoms with E-state index in [1.54, 1.807) is 11.3 Å². The highest BCUT2D eigenvalue weighted by atomic mass is 32.1. The zero-order chi connectivity index (χ0) is 16.7. The van der Waals surface area contributed by atoms with Crippen LogP contribution in [0, 0.1) is 5.41 Å². The predicted molar refractivity (Wildman–Crippen MR) is 101 cm³/mol. The lowest BCUT2D eigenvalue weighted by Crippen LogP contribution is -2.24. The number of allylic oxidation sites excluding steroid dienone is 7. The first-order valence-electron chi connectivity index (χ1n) is 8.24. The minimum Gasteiger partial charge on any atom is -0.399 e. The standard InChI is InChI=1S/C19H22N4S/c1-19(2)8-7-14(20)10-17(19)22-18-21-16(12-24-18)13-4-3-9-23-11-15(23)6-5-13/h3-7,9-10,12,15H,8,11,20H2,1-2H3,(H,21,22)/t15-,23?/m0/s1. The largest absolute Gasteiger partial charge is 0.399 e. The molecule has 2 aliphatic heterocycles. The Morgan fingerprint density at radius 2 is 2.29 bits per heavy atom. The van der Waals surface area contributed by atoms with Crippen molar-refractivity contribution in [3.8, 4) is 0 Å². The van der Waals surface area contributed by atoms with Crippen LogP contribution in [0.3, 0.4) is 0 Å². The first kappa shape index (κ1) is 15.3. The lowest BCUT2D eigenvalue weighted by atomic mass is 9.82. The molecule has 1 aromatic heterocycles. The Morgan fingerprint density at radius 1 is 1.42 bits per heavy atom. The maximum atomic E-state index is 5.97. The Labute approximate surface area is 146 Å². The fourth-order valence-corrected chi connectivity index (χ4v) is 3.63. The number of nitrogens with one attached hydrogen (secondary N) is 1. The Morgan fingerprint density at radius 3 is 3.17 bits per heavy atom. The molecular weight excluding hydrogens is 316 g/mol. The molecule has 1 saturated heterocycles. The molecule has 0 aromatic carbocycles. The van der Waals surface area contributed by atoms with E-state index >= 15 is 0 Å². The topological polar surface area (TPSA) is 53.9 Å². The van der Waals surface area contributed by atoms with Crippen LogP contribution in [-0.4, -0.2) is 22.5 Å². The molecule has 1 aliphatic carbocycles. The van der Waals surface area contributed by atoms with Crippen molar-refractivity contribution >= 4 is 22.0 Å². The third-order valence-electron chi connectivity index (χ3n) is 4.67. The normalized spacial score (nSPS) is 24.3. The van der Waals surface area contributed by atoms with Gasteiger partial charge in [-0.1, -0.05) is 38.2 Å². The molecule has 3 N–H and O–H groups in total. The van der Waals surface area contributed by atoms with E-state index in [-0.39, 0.29) is 5.41 Å². The van der Waals surface area contributed by atoms with E-state index in [0.717, 1.165) is 40.8 Å². The first-order valence-corrected chi connectivity index (χ1v) is 9.12. The van der Waals surface area contributed by atoms with Crippen LogP contribution in [0.2, 0.25) is 0 Å². The van der Waals surface area contributed by atoms with Crippen LogP contribution in [0.1, 0.15) is 26.0 Å². The molecule has 0 bridgehead atoms. The summed E-state index contributed by atoms with van der Waals surface area (Å²) in [6.45, 7) is 5.56. The van der Waals surface area contributed by atoms with Gasteiger partial charge in [-0.25, -0.2) is 4.98 Å². The molecule has 24 heavy (non-hydrogen) atoms. The summed E-state index contributed by atoms with van der Waals surface area (Å²) in [7, 11) is 0. The van der Waals surface area contributed by atoms with Crippen molar-refractivity contribution in [2.75, 3.05) is 11.9 Å². The molecule has 4 nitrogen and oxygen atoms in total. The Bertz CT molecular complexity index is 807. The predicted octanol–water partition coefficient (Wildman–Crippen LogP) is 3.86. The molecule has 1 fully saturated rings. The fraction of sp³-hybridized carbons (Fsp3) is 0.316. The third-order valence-corrected chi connectivity index (χ3v) is 5.43. The highest BCUT2D eigenvalue weighted by molar-refractivity contribution is 7.13. The van der Waals surface area contributed by atoms with Crippen LogP contribution in [0.5, 0.6) is 0 Å². The van der Waals surface area contributed by atoms with Crippen LogP contribution in [0.4, 0.5) is 5.13 Å². The second kappa shape index (κ2) is 5.67. The molecule has 5 heteroatoms. The zero-order valence-corrected chi connectivity index (χ0v) is 14.8. The minimum atomic E-state index is 0.0479. The quantitative estimate of drug-likeness (QED) is 0.822. The summed E-state index contributed by atoms with van der Waals surface area (Å²) in [6, 6.07) is 0.559. The average Bonchev–Trinajstić information content (AvgIpc) is 3.07. The average molecular weight is 338 g/mol. The summed E-state index contributed by atoms with van der Waals surface area (Å²) in [5, 5.41) is 6.49. The maximum Gasteiger partial charge on any atom is 0.187 e. The van der Waals surface area contributed by atoms with Gasteiger partial charge >= 0.3 is 0 Å². The summed E-state index contributed by atoms with van der Waals surface area (Å²) in [5.41, 5.74) is 10.1. The molecule has 124 valence electrons. The Hall–Kier alpha value is -2.27. The van der Waals surface area contributed by atoms with Crippen LogP contribution in [0.25, 0.3) is 5.57 Å². The van der Waals surface area contributed by atoms with Crippen molar-refractivity contribution in [2.45, 2.75) is 26.3 Å². The van der Waals surface area contributed by atoms with Crippen molar-refractivity contribution in [3.05, 3.63) is 65.1 Å². The van der Waals surface area contributed by atoms with Gasteiger partial charge in [0, 0.05) is 34.3 Å². The number of fused-ring (bicyclic) bond motifs is 1. The van der Waals surface area contributed by atoms with E-state index in [0.29, 0.717) is 6.04 Å². The van der Waals surface area contributed by atoms with Gasteiger partial charge in [0.25, 0.3) is 0 Å². The van der Waals surface area contributed by atoms with Crippen LogP contribution in [-0.2, 0) is 0 Å². The third kappa shape index (κ3) is 3.04. The van der Waals surface area contributed by atoms with Gasteiger partial charge in [0.2, 0.25) is 0 Å². The molecule has 1 atom stereocenters. The monoisotopic (exact) mass is 338 g/mol. The van der Waals surface area contributed by atoms with Crippen LogP contribution < -0.4 is 11.1 Å². The van der Waals surface area contributed by atoms with E-state index in [1.807, 2.05) is 6.08 Å². The summed E-state index contributed by atoms with van der Waals surface area (Å²) >= 11 is 1.63. The van der Waals surface area contributed by atoms with Crippen molar-refractivity contribution < 1.29 is 0 Å². The Kier molecular flexibility index (Phi) is 3.61. The van der Waals surface area contributed by atoms with Gasteiger partial charge in [0.1, 0.15) is 0 Å². The summed E-state index contributed by atoms with van der Waals surface area (Å²) in [5.74, 6) is 0. The van der Waals surface area contributed by atoms with Gasteiger partial charge in [-0.05, 0) is 24.8 Å². The molecule has 1 aromatic rings. The van der Waals surface area contributed by atoms with Gasteiger partial charge < -0.3 is 16.0 Å². The number of hydrogen-bond donors (Lipinski definition) is 2. The van der Waals surface area contributed by atoms with Crippen molar-refractivity contribution in [2.24, 2.45) is 11.1 Å². The molecule has 0 radical (unpaired) electrons. The molecule has 0 spiro atoms. The number of nitrogens with zero attached hydrogens (tertiary/aromatic N) is 2. The summed E-state index contributed by atoms with van der Waals surface area (Å²) in [4.78, 5) is 7.07. The number of nitrogens with two attached hydrogens (primary N) is 1. The lowest BCUT2D eigenvalue weighted by Gasteiger charge is -2.30. The smallest absolute Gasteiger partial charge is 0.187 e. The molecule has 0 unspecified atom stereocenters. The van der Waals surface area contributed by atoms with Gasteiger partial charge in [-0.3, -0.25) is 0 Å². The van der Waals surface area contributed by atoms with Crippen molar-refractivity contribution in [3.63, 3.8) is 0 Å². The molecule has 0 saturated carbocycles. The maximum absolute atomic E-state index is 5.97. The number of anilines is 1. The lowest BCUT2D eigenvalue weighted by molar-refractivity contribution is 0.449. The van der Waals surface area contributed by atoms with E-state index in [2.05, 4.69) is 66.0 Å². The molecule has 4 rings (SSSR count).